The third-order valence-corrected chi connectivity index (χ3v) is 4.33. The van der Waals surface area contributed by atoms with Crippen LogP contribution in [0.5, 0.6) is 11.5 Å². The Bertz CT molecular complexity index is 772. The minimum atomic E-state index is 0.344. The van der Waals surface area contributed by atoms with Crippen molar-refractivity contribution < 1.29 is 9.47 Å². The zero-order valence-electron chi connectivity index (χ0n) is 15.2. The van der Waals surface area contributed by atoms with E-state index in [1.807, 2.05) is 30.5 Å². The number of anilines is 2. The molecule has 1 aromatic carbocycles. The zero-order chi connectivity index (χ0) is 18.4. The average molecular weight is 355 g/mol. The highest BCUT2D eigenvalue weighted by Gasteiger charge is 2.13. The molecule has 1 fully saturated rings. The van der Waals surface area contributed by atoms with E-state index in [9.17, 15) is 0 Å². The number of nitrogens with two attached hydrogens (primary N) is 1. The number of methoxy groups -OCH3 is 2. The van der Waals surface area contributed by atoms with Crippen LogP contribution in [0.3, 0.4) is 0 Å². The molecule has 1 saturated heterocycles. The van der Waals surface area contributed by atoms with E-state index in [0.29, 0.717) is 24.0 Å². The van der Waals surface area contributed by atoms with Crippen LogP contribution in [0.15, 0.2) is 41.5 Å². The maximum absolute atomic E-state index is 6.02. The maximum Gasteiger partial charge on any atom is 0.193 e. The van der Waals surface area contributed by atoms with Crippen LogP contribution >= 0.6 is 0 Å². The van der Waals surface area contributed by atoms with E-state index in [-0.39, 0.29) is 0 Å². The van der Waals surface area contributed by atoms with E-state index in [1.54, 1.807) is 14.2 Å². The number of hydrogen-bond donors (Lipinski definition) is 2. The predicted molar refractivity (Wildman–Crippen MR) is 104 cm³/mol. The van der Waals surface area contributed by atoms with Crippen molar-refractivity contribution in [1.29, 1.82) is 0 Å². The van der Waals surface area contributed by atoms with Crippen LogP contribution in [-0.4, -0.2) is 38.3 Å². The van der Waals surface area contributed by atoms with Crippen molar-refractivity contribution in [3.05, 3.63) is 42.1 Å². The first-order chi connectivity index (χ1) is 12.7. The minimum absolute atomic E-state index is 0.344. The number of pyridine rings is 1. The number of aliphatic imine (C=N–C) groups is 1. The molecule has 1 aliphatic rings. The number of aromatic nitrogens is 1. The lowest BCUT2D eigenvalue weighted by molar-refractivity contribution is 0.355. The number of hydrogen-bond acceptors (Lipinski definition) is 5. The number of guanidine groups is 1. The van der Waals surface area contributed by atoms with Gasteiger partial charge in [0.15, 0.2) is 17.5 Å². The van der Waals surface area contributed by atoms with Crippen molar-refractivity contribution in [1.82, 2.24) is 4.98 Å². The Balaban J connectivity index is 1.64. The van der Waals surface area contributed by atoms with Gasteiger partial charge >= 0.3 is 0 Å². The fourth-order valence-corrected chi connectivity index (χ4v) is 2.96. The summed E-state index contributed by atoms with van der Waals surface area (Å²) in [5.41, 5.74) is 7.89. The highest BCUT2D eigenvalue weighted by atomic mass is 16.5. The Morgan fingerprint density at radius 3 is 2.65 bits per heavy atom. The van der Waals surface area contributed by atoms with Crippen LogP contribution in [-0.2, 0) is 6.54 Å². The third-order valence-electron chi connectivity index (χ3n) is 4.33. The van der Waals surface area contributed by atoms with Crippen LogP contribution in [0.2, 0.25) is 0 Å². The second kappa shape index (κ2) is 8.42. The van der Waals surface area contributed by atoms with Crippen LogP contribution in [0.25, 0.3) is 0 Å². The van der Waals surface area contributed by atoms with E-state index in [1.165, 1.54) is 12.8 Å². The smallest absolute Gasteiger partial charge is 0.193 e. The summed E-state index contributed by atoms with van der Waals surface area (Å²) in [5, 5.41) is 3.07. The fourth-order valence-electron chi connectivity index (χ4n) is 2.96. The van der Waals surface area contributed by atoms with Crippen LogP contribution in [0.1, 0.15) is 18.4 Å². The topological polar surface area (TPSA) is 85.0 Å². The van der Waals surface area contributed by atoms with Gasteiger partial charge in [0.2, 0.25) is 0 Å². The number of ether oxygens (including phenoxy) is 2. The molecule has 7 heteroatoms. The Morgan fingerprint density at radius 1 is 1.15 bits per heavy atom. The molecule has 0 saturated carbocycles. The van der Waals surface area contributed by atoms with E-state index < -0.39 is 0 Å². The molecule has 0 atom stereocenters. The molecular weight excluding hydrogens is 330 g/mol. The SMILES string of the molecule is COc1ccc(NC(N)=NCc2ccnc(N3CCCC3)c2)cc1OC. The Morgan fingerprint density at radius 2 is 1.92 bits per heavy atom. The van der Waals surface area contributed by atoms with Crippen LogP contribution in [0, 0.1) is 0 Å². The summed E-state index contributed by atoms with van der Waals surface area (Å²) in [7, 11) is 3.20. The third kappa shape index (κ3) is 4.36. The van der Waals surface area contributed by atoms with Gasteiger partial charge in [0.1, 0.15) is 5.82 Å². The fraction of sp³-hybridized carbons (Fsp3) is 0.368. The lowest BCUT2D eigenvalue weighted by Crippen LogP contribution is -2.22. The summed E-state index contributed by atoms with van der Waals surface area (Å²) in [6, 6.07) is 9.55. The zero-order valence-corrected chi connectivity index (χ0v) is 15.2. The lowest BCUT2D eigenvalue weighted by atomic mass is 10.2. The van der Waals surface area contributed by atoms with Crippen molar-refractivity contribution >= 4 is 17.5 Å². The monoisotopic (exact) mass is 355 g/mol. The molecule has 0 spiro atoms. The molecule has 0 aliphatic carbocycles. The summed E-state index contributed by atoms with van der Waals surface area (Å²) in [6.45, 7) is 2.64. The van der Waals surface area contributed by atoms with Gasteiger partial charge < -0.3 is 25.4 Å². The Labute approximate surface area is 153 Å². The van der Waals surface area contributed by atoms with Crippen LogP contribution in [0.4, 0.5) is 11.5 Å². The Kier molecular flexibility index (Phi) is 5.78. The molecule has 138 valence electrons. The quantitative estimate of drug-likeness (QED) is 0.612. The molecule has 3 N–H and O–H groups in total. The van der Waals surface area contributed by atoms with Gasteiger partial charge in [0.25, 0.3) is 0 Å². The summed E-state index contributed by atoms with van der Waals surface area (Å²) in [5.74, 6) is 2.66. The van der Waals surface area contributed by atoms with Crippen molar-refractivity contribution in [2.75, 3.05) is 37.5 Å². The van der Waals surface area contributed by atoms with E-state index in [0.717, 1.165) is 30.2 Å². The molecule has 1 aliphatic heterocycles. The number of nitrogens with one attached hydrogen (secondary N) is 1. The molecular formula is C19H25N5O2. The van der Waals surface area contributed by atoms with Gasteiger partial charge in [0, 0.05) is 31.0 Å². The van der Waals surface area contributed by atoms with E-state index >= 15 is 0 Å². The van der Waals surface area contributed by atoms with Gasteiger partial charge in [-0.3, -0.25) is 0 Å². The van der Waals surface area contributed by atoms with Gasteiger partial charge in [-0.2, -0.15) is 0 Å². The normalized spacial score (nSPS) is 14.4. The summed E-state index contributed by atoms with van der Waals surface area (Å²) >= 11 is 0. The first kappa shape index (κ1) is 17.8. The average Bonchev–Trinajstić information content (AvgIpc) is 3.21. The molecule has 0 unspecified atom stereocenters. The highest BCUT2D eigenvalue weighted by Crippen LogP contribution is 2.29. The van der Waals surface area contributed by atoms with Gasteiger partial charge in [-0.05, 0) is 42.7 Å². The second-order valence-electron chi connectivity index (χ2n) is 6.11. The molecule has 0 bridgehead atoms. The van der Waals surface area contributed by atoms with Crippen LogP contribution < -0.4 is 25.4 Å². The van der Waals surface area contributed by atoms with E-state index in [4.69, 9.17) is 15.2 Å². The summed E-state index contributed by atoms with van der Waals surface area (Å²) < 4.78 is 10.5. The van der Waals surface area contributed by atoms with Crippen molar-refractivity contribution in [2.45, 2.75) is 19.4 Å². The van der Waals surface area contributed by atoms with Crippen molar-refractivity contribution in [3.63, 3.8) is 0 Å². The van der Waals surface area contributed by atoms with E-state index in [2.05, 4.69) is 26.3 Å². The standard InChI is InChI=1S/C19H25N5O2/c1-25-16-6-5-15(12-17(16)26-2)23-19(20)22-13-14-7-8-21-18(11-14)24-9-3-4-10-24/h5-8,11-12H,3-4,9-10,13H2,1-2H3,(H3,20,22,23). The lowest BCUT2D eigenvalue weighted by Gasteiger charge is -2.16. The van der Waals surface area contributed by atoms with Crippen molar-refractivity contribution in [2.24, 2.45) is 10.7 Å². The predicted octanol–water partition coefficient (Wildman–Crippen LogP) is 2.63. The number of rotatable bonds is 6. The molecule has 3 rings (SSSR count). The van der Waals surface area contributed by atoms with Gasteiger partial charge in [-0.15, -0.1) is 0 Å². The molecule has 1 aromatic heterocycles. The van der Waals surface area contributed by atoms with Gasteiger partial charge in [0.05, 0.1) is 20.8 Å². The molecule has 0 radical (unpaired) electrons. The van der Waals surface area contributed by atoms with Gasteiger partial charge in [-0.1, -0.05) is 0 Å². The first-order valence-electron chi connectivity index (χ1n) is 8.68. The highest BCUT2D eigenvalue weighted by molar-refractivity contribution is 5.92. The summed E-state index contributed by atoms with van der Waals surface area (Å²) in [4.78, 5) is 11.2. The number of nitrogens with zero attached hydrogens (tertiary/aromatic N) is 3. The minimum Gasteiger partial charge on any atom is -0.493 e. The largest absolute Gasteiger partial charge is 0.493 e. The Hall–Kier alpha value is -2.96. The summed E-state index contributed by atoms with van der Waals surface area (Å²) in [6.07, 6.45) is 4.29. The molecule has 2 aromatic rings. The maximum atomic E-state index is 6.02. The van der Waals surface area contributed by atoms with Crippen molar-refractivity contribution in [3.8, 4) is 11.5 Å². The molecule has 0 amide bonds. The molecule has 2 heterocycles. The molecule has 7 nitrogen and oxygen atoms in total. The molecule has 26 heavy (non-hydrogen) atoms. The number of benzene rings is 1. The second-order valence-corrected chi connectivity index (χ2v) is 6.11. The first-order valence-corrected chi connectivity index (χ1v) is 8.68. The van der Waals surface area contributed by atoms with Gasteiger partial charge in [-0.25, -0.2) is 9.98 Å².